The molecule has 0 heterocycles. The van der Waals surface area contributed by atoms with Crippen molar-refractivity contribution in [3.63, 3.8) is 0 Å². The molecule has 0 spiro atoms. The number of aliphatic imine (C=N–C) groups is 1. The SMILES string of the molecule is CN=C(NCCc1ccc(OC)cc1)NCc1cccc(OC)c1.I. The molecule has 25 heavy (non-hydrogen) atoms. The maximum atomic E-state index is 5.24. The van der Waals surface area contributed by atoms with Crippen LogP contribution in [0, 0.1) is 0 Å². The Morgan fingerprint density at radius 2 is 1.64 bits per heavy atom. The van der Waals surface area contributed by atoms with Crippen molar-refractivity contribution < 1.29 is 9.47 Å². The molecular formula is C19H26IN3O2. The maximum absolute atomic E-state index is 5.24. The van der Waals surface area contributed by atoms with Crippen LogP contribution in [-0.4, -0.2) is 33.8 Å². The van der Waals surface area contributed by atoms with Crippen LogP contribution in [0.1, 0.15) is 11.1 Å². The Hall–Kier alpha value is -1.96. The van der Waals surface area contributed by atoms with Crippen LogP contribution in [0.3, 0.4) is 0 Å². The minimum atomic E-state index is 0. The van der Waals surface area contributed by atoms with Crippen molar-refractivity contribution >= 4 is 29.9 Å². The number of benzene rings is 2. The van der Waals surface area contributed by atoms with Gasteiger partial charge in [-0.2, -0.15) is 0 Å². The number of guanidine groups is 1. The monoisotopic (exact) mass is 455 g/mol. The number of nitrogens with zero attached hydrogens (tertiary/aromatic N) is 1. The Morgan fingerprint density at radius 1 is 0.920 bits per heavy atom. The molecule has 2 N–H and O–H groups in total. The van der Waals surface area contributed by atoms with Gasteiger partial charge in [0.05, 0.1) is 14.2 Å². The normalized spacial score (nSPS) is 10.6. The maximum Gasteiger partial charge on any atom is 0.191 e. The number of rotatable bonds is 7. The third-order valence-corrected chi connectivity index (χ3v) is 3.68. The van der Waals surface area contributed by atoms with E-state index in [2.05, 4.69) is 33.8 Å². The fourth-order valence-corrected chi connectivity index (χ4v) is 2.31. The molecule has 6 heteroatoms. The van der Waals surface area contributed by atoms with Gasteiger partial charge in [0.1, 0.15) is 11.5 Å². The molecule has 0 aromatic heterocycles. The number of hydrogen-bond donors (Lipinski definition) is 2. The standard InChI is InChI=1S/C19H25N3O2.HI/c1-20-19(22-14-16-5-4-6-18(13-16)24-3)21-12-11-15-7-9-17(23-2)10-8-15;/h4-10,13H,11-12,14H2,1-3H3,(H2,20,21,22);1H. The van der Waals surface area contributed by atoms with E-state index >= 15 is 0 Å². The number of hydrogen-bond acceptors (Lipinski definition) is 3. The van der Waals surface area contributed by atoms with Gasteiger partial charge >= 0.3 is 0 Å². The summed E-state index contributed by atoms with van der Waals surface area (Å²) in [6, 6.07) is 16.1. The summed E-state index contributed by atoms with van der Waals surface area (Å²) in [7, 11) is 5.12. The summed E-state index contributed by atoms with van der Waals surface area (Å²) in [5.74, 6) is 2.52. The van der Waals surface area contributed by atoms with Crippen molar-refractivity contribution in [1.29, 1.82) is 0 Å². The van der Waals surface area contributed by atoms with E-state index in [1.807, 2.05) is 30.3 Å². The van der Waals surface area contributed by atoms with Gasteiger partial charge in [-0.3, -0.25) is 4.99 Å². The van der Waals surface area contributed by atoms with E-state index in [9.17, 15) is 0 Å². The van der Waals surface area contributed by atoms with Crippen LogP contribution in [0.2, 0.25) is 0 Å². The number of ether oxygens (including phenoxy) is 2. The lowest BCUT2D eigenvalue weighted by atomic mass is 10.1. The third-order valence-electron chi connectivity index (χ3n) is 3.68. The van der Waals surface area contributed by atoms with Crippen LogP contribution < -0.4 is 20.1 Å². The van der Waals surface area contributed by atoms with Crippen molar-refractivity contribution in [1.82, 2.24) is 10.6 Å². The zero-order valence-electron chi connectivity index (χ0n) is 14.9. The zero-order chi connectivity index (χ0) is 17.2. The summed E-state index contributed by atoms with van der Waals surface area (Å²) in [5.41, 5.74) is 2.40. The van der Waals surface area contributed by atoms with Gasteiger partial charge in [0, 0.05) is 20.1 Å². The van der Waals surface area contributed by atoms with Crippen LogP contribution in [0.25, 0.3) is 0 Å². The van der Waals surface area contributed by atoms with Crippen LogP contribution in [0.15, 0.2) is 53.5 Å². The first-order valence-electron chi connectivity index (χ1n) is 7.95. The molecule has 2 aromatic rings. The molecule has 0 bridgehead atoms. The number of halogens is 1. The molecule has 136 valence electrons. The van der Waals surface area contributed by atoms with E-state index in [1.54, 1.807) is 21.3 Å². The van der Waals surface area contributed by atoms with Gasteiger partial charge in [0.2, 0.25) is 0 Å². The lowest BCUT2D eigenvalue weighted by Gasteiger charge is -2.12. The molecule has 0 fully saturated rings. The van der Waals surface area contributed by atoms with Crippen LogP contribution in [0.5, 0.6) is 11.5 Å². The van der Waals surface area contributed by atoms with Crippen LogP contribution in [-0.2, 0) is 13.0 Å². The predicted molar refractivity (Wildman–Crippen MR) is 113 cm³/mol. The lowest BCUT2D eigenvalue weighted by molar-refractivity contribution is 0.414. The fourth-order valence-electron chi connectivity index (χ4n) is 2.31. The topological polar surface area (TPSA) is 54.9 Å². The smallest absolute Gasteiger partial charge is 0.191 e. The lowest BCUT2D eigenvalue weighted by Crippen LogP contribution is -2.37. The summed E-state index contributed by atoms with van der Waals surface area (Å²) < 4.78 is 10.4. The molecule has 0 radical (unpaired) electrons. The van der Waals surface area contributed by atoms with Crippen LogP contribution in [0.4, 0.5) is 0 Å². The highest BCUT2D eigenvalue weighted by Gasteiger charge is 2.00. The summed E-state index contributed by atoms with van der Waals surface area (Å²) in [6.45, 7) is 1.50. The molecule has 0 unspecified atom stereocenters. The van der Waals surface area contributed by atoms with Gasteiger partial charge in [-0.05, 0) is 41.8 Å². The molecular weight excluding hydrogens is 429 g/mol. The van der Waals surface area contributed by atoms with E-state index in [1.165, 1.54) is 5.56 Å². The molecule has 0 saturated carbocycles. The molecule has 2 rings (SSSR count). The van der Waals surface area contributed by atoms with Crippen molar-refractivity contribution in [3.05, 3.63) is 59.7 Å². The predicted octanol–water partition coefficient (Wildman–Crippen LogP) is 3.23. The largest absolute Gasteiger partial charge is 0.497 e. The van der Waals surface area contributed by atoms with Crippen molar-refractivity contribution in [3.8, 4) is 11.5 Å². The number of methoxy groups -OCH3 is 2. The highest BCUT2D eigenvalue weighted by Crippen LogP contribution is 2.12. The average Bonchev–Trinajstić information content (AvgIpc) is 2.65. The quantitative estimate of drug-likeness (QED) is 0.383. The molecule has 0 atom stereocenters. The molecule has 0 aliphatic carbocycles. The second kappa shape index (κ2) is 11.6. The van der Waals surface area contributed by atoms with Gasteiger partial charge in [0.15, 0.2) is 5.96 Å². The Morgan fingerprint density at radius 3 is 2.28 bits per heavy atom. The minimum Gasteiger partial charge on any atom is -0.497 e. The minimum absolute atomic E-state index is 0. The van der Waals surface area contributed by atoms with Crippen molar-refractivity contribution in [2.45, 2.75) is 13.0 Å². The van der Waals surface area contributed by atoms with E-state index in [0.717, 1.165) is 36.0 Å². The van der Waals surface area contributed by atoms with E-state index in [-0.39, 0.29) is 24.0 Å². The van der Waals surface area contributed by atoms with Gasteiger partial charge in [-0.15, -0.1) is 24.0 Å². The molecule has 2 aromatic carbocycles. The van der Waals surface area contributed by atoms with Crippen molar-refractivity contribution in [2.75, 3.05) is 27.8 Å². The summed E-state index contributed by atoms with van der Waals surface area (Å²) in [5, 5.41) is 6.63. The van der Waals surface area contributed by atoms with Gasteiger partial charge < -0.3 is 20.1 Å². The molecule has 0 amide bonds. The third kappa shape index (κ3) is 7.21. The van der Waals surface area contributed by atoms with Gasteiger partial charge in [-0.25, -0.2) is 0 Å². The highest BCUT2D eigenvalue weighted by molar-refractivity contribution is 14.0. The summed E-state index contributed by atoms with van der Waals surface area (Å²) in [4.78, 5) is 4.25. The number of nitrogens with one attached hydrogen (secondary N) is 2. The molecule has 5 nitrogen and oxygen atoms in total. The second-order valence-electron chi connectivity index (χ2n) is 5.30. The first-order chi connectivity index (χ1) is 11.7. The van der Waals surface area contributed by atoms with E-state index in [0.29, 0.717) is 6.54 Å². The summed E-state index contributed by atoms with van der Waals surface area (Å²) >= 11 is 0. The first-order valence-corrected chi connectivity index (χ1v) is 7.95. The molecule has 0 aliphatic rings. The Bertz CT molecular complexity index is 660. The average molecular weight is 455 g/mol. The van der Waals surface area contributed by atoms with Crippen LogP contribution >= 0.6 is 24.0 Å². The highest BCUT2D eigenvalue weighted by atomic mass is 127. The van der Waals surface area contributed by atoms with E-state index < -0.39 is 0 Å². The van der Waals surface area contributed by atoms with Gasteiger partial charge in [0.25, 0.3) is 0 Å². The summed E-state index contributed by atoms with van der Waals surface area (Å²) in [6.07, 6.45) is 0.920. The second-order valence-corrected chi connectivity index (χ2v) is 5.30. The van der Waals surface area contributed by atoms with E-state index in [4.69, 9.17) is 9.47 Å². The fraction of sp³-hybridized carbons (Fsp3) is 0.316. The Labute approximate surface area is 166 Å². The van der Waals surface area contributed by atoms with Gasteiger partial charge in [-0.1, -0.05) is 24.3 Å². The van der Waals surface area contributed by atoms with Crippen molar-refractivity contribution in [2.24, 2.45) is 4.99 Å². The molecule has 0 aliphatic heterocycles. The zero-order valence-corrected chi connectivity index (χ0v) is 17.2. The Balaban J connectivity index is 0.00000312. The first kappa shape index (κ1) is 21.1. The Kier molecular flexibility index (Phi) is 9.76. The molecule has 0 saturated heterocycles.